The summed E-state index contributed by atoms with van der Waals surface area (Å²) in [5, 5.41) is 4.89. The Labute approximate surface area is 215 Å². The predicted molar refractivity (Wildman–Crippen MR) is 144 cm³/mol. The number of rotatable bonds is 15. The van der Waals surface area contributed by atoms with Crippen LogP contribution in [0.2, 0.25) is 0 Å². The van der Waals surface area contributed by atoms with Gasteiger partial charge >= 0.3 is 5.97 Å². The lowest BCUT2D eigenvalue weighted by Gasteiger charge is -2.34. The molecule has 1 N–H and O–H groups in total. The van der Waals surface area contributed by atoms with Gasteiger partial charge in [-0.2, -0.15) is 0 Å². The Hall–Kier alpha value is -2.89. The molecule has 1 fully saturated rings. The largest absolute Gasteiger partial charge is 0.466 e. The fraction of sp³-hybridized carbons (Fsp3) is 0.567. The van der Waals surface area contributed by atoms with Crippen LogP contribution in [-0.4, -0.2) is 48.4 Å². The number of carbonyl (C=O) groups excluding carboxylic acids is 3. The van der Waals surface area contributed by atoms with Gasteiger partial charge in [0.05, 0.1) is 19.4 Å². The molecule has 36 heavy (non-hydrogen) atoms. The van der Waals surface area contributed by atoms with Crippen LogP contribution < -0.4 is 5.32 Å². The molecule has 0 aromatic heterocycles. The van der Waals surface area contributed by atoms with Crippen LogP contribution in [0.5, 0.6) is 0 Å². The Bertz CT molecular complexity index is 985. The molecule has 2 aromatic carbocycles. The SMILES string of the molecule is CCCCCCCCCCCCOC(=O)CC1C(=O)NCCN1C(=O)Cc1cccc2ccccc12. The minimum atomic E-state index is -0.818. The Morgan fingerprint density at radius 3 is 2.33 bits per heavy atom. The molecule has 1 aliphatic heterocycles. The van der Waals surface area contributed by atoms with E-state index in [2.05, 4.69) is 12.2 Å². The van der Waals surface area contributed by atoms with Gasteiger partial charge in [-0.15, -0.1) is 0 Å². The van der Waals surface area contributed by atoms with Crippen LogP contribution in [0.1, 0.15) is 83.1 Å². The molecule has 2 amide bonds. The molecule has 6 heteroatoms. The van der Waals surface area contributed by atoms with Crippen LogP contribution in [0.15, 0.2) is 42.5 Å². The van der Waals surface area contributed by atoms with Crippen molar-refractivity contribution in [3.63, 3.8) is 0 Å². The maximum absolute atomic E-state index is 13.2. The Balaban J connectivity index is 1.41. The molecule has 1 saturated heterocycles. The molecule has 0 saturated carbocycles. The summed E-state index contributed by atoms with van der Waals surface area (Å²) in [5.41, 5.74) is 0.923. The number of hydrogen-bond acceptors (Lipinski definition) is 4. The van der Waals surface area contributed by atoms with E-state index in [1.807, 2.05) is 42.5 Å². The first-order valence-electron chi connectivity index (χ1n) is 13.8. The molecule has 6 nitrogen and oxygen atoms in total. The summed E-state index contributed by atoms with van der Waals surface area (Å²) in [6.07, 6.45) is 12.3. The van der Waals surface area contributed by atoms with Gasteiger partial charge in [-0.3, -0.25) is 14.4 Å². The summed E-state index contributed by atoms with van der Waals surface area (Å²) in [6.45, 7) is 3.39. The topological polar surface area (TPSA) is 75.7 Å². The quantitative estimate of drug-likeness (QED) is 0.260. The predicted octanol–water partition coefficient (Wildman–Crippen LogP) is 5.56. The van der Waals surface area contributed by atoms with Crippen molar-refractivity contribution in [2.24, 2.45) is 0 Å². The zero-order valence-electron chi connectivity index (χ0n) is 21.8. The summed E-state index contributed by atoms with van der Waals surface area (Å²) in [4.78, 5) is 39.8. The van der Waals surface area contributed by atoms with Crippen molar-refractivity contribution >= 4 is 28.6 Å². The fourth-order valence-electron chi connectivity index (χ4n) is 4.92. The van der Waals surface area contributed by atoms with Crippen molar-refractivity contribution in [2.75, 3.05) is 19.7 Å². The van der Waals surface area contributed by atoms with Crippen molar-refractivity contribution in [3.05, 3.63) is 48.0 Å². The number of unbranched alkanes of at least 4 members (excludes halogenated alkanes) is 9. The van der Waals surface area contributed by atoms with Crippen molar-refractivity contribution in [1.29, 1.82) is 0 Å². The van der Waals surface area contributed by atoms with Gasteiger partial charge in [0.1, 0.15) is 6.04 Å². The summed E-state index contributed by atoms with van der Waals surface area (Å²) >= 11 is 0. The second-order valence-corrected chi connectivity index (χ2v) is 9.82. The number of piperazine rings is 1. The van der Waals surface area contributed by atoms with Gasteiger partial charge in [0.2, 0.25) is 11.8 Å². The molecule has 0 spiro atoms. The first-order valence-corrected chi connectivity index (χ1v) is 13.8. The third-order valence-corrected chi connectivity index (χ3v) is 6.99. The summed E-state index contributed by atoms with van der Waals surface area (Å²) in [5.74, 6) is -0.854. The second-order valence-electron chi connectivity index (χ2n) is 9.82. The van der Waals surface area contributed by atoms with Gasteiger partial charge in [-0.25, -0.2) is 0 Å². The smallest absolute Gasteiger partial charge is 0.308 e. The van der Waals surface area contributed by atoms with Crippen molar-refractivity contribution in [3.8, 4) is 0 Å². The average Bonchev–Trinajstić information content (AvgIpc) is 2.88. The lowest BCUT2D eigenvalue weighted by atomic mass is 10.0. The zero-order chi connectivity index (χ0) is 25.6. The molecular weight excluding hydrogens is 452 g/mol. The molecule has 1 atom stereocenters. The van der Waals surface area contributed by atoms with E-state index >= 15 is 0 Å². The molecule has 1 unspecified atom stereocenters. The molecule has 196 valence electrons. The molecule has 0 aliphatic carbocycles. The number of ether oxygens (including phenoxy) is 1. The molecular formula is C30H42N2O4. The monoisotopic (exact) mass is 494 g/mol. The van der Waals surface area contributed by atoms with Crippen LogP contribution >= 0.6 is 0 Å². The third-order valence-electron chi connectivity index (χ3n) is 6.99. The van der Waals surface area contributed by atoms with Crippen LogP contribution in [-0.2, 0) is 25.5 Å². The van der Waals surface area contributed by atoms with Crippen molar-refractivity contribution < 1.29 is 19.1 Å². The Kier molecular flexibility index (Phi) is 11.7. The van der Waals surface area contributed by atoms with Crippen LogP contribution in [0.3, 0.4) is 0 Å². The van der Waals surface area contributed by atoms with Crippen LogP contribution in [0, 0.1) is 0 Å². The standard InChI is InChI=1S/C30H42N2O4/c1-2-3-4-5-6-7-8-9-10-13-21-36-29(34)23-27-30(35)31-19-20-32(27)28(33)22-25-17-14-16-24-15-11-12-18-26(24)25/h11-12,14-18,27H,2-10,13,19-23H2,1H3,(H,31,35). The number of fused-ring (bicyclic) bond motifs is 1. The molecule has 1 heterocycles. The lowest BCUT2D eigenvalue weighted by molar-refractivity contribution is -0.151. The highest BCUT2D eigenvalue weighted by Crippen LogP contribution is 2.21. The third kappa shape index (κ3) is 8.65. The van der Waals surface area contributed by atoms with Gasteiger partial charge in [-0.05, 0) is 22.8 Å². The first kappa shape index (κ1) is 27.7. The first-order chi connectivity index (χ1) is 17.6. The van der Waals surface area contributed by atoms with E-state index in [1.54, 1.807) is 4.90 Å². The number of benzene rings is 2. The van der Waals surface area contributed by atoms with E-state index in [-0.39, 0.29) is 24.7 Å². The van der Waals surface area contributed by atoms with E-state index in [0.29, 0.717) is 19.7 Å². The van der Waals surface area contributed by atoms with Gasteiger partial charge in [0.15, 0.2) is 0 Å². The minimum absolute atomic E-state index is 0.106. The maximum atomic E-state index is 13.2. The van der Waals surface area contributed by atoms with Gasteiger partial charge < -0.3 is 15.0 Å². The van der Waals surface area contributed by atoms with E-state index in [1.165, 1.54) is 44.9 Å². The molecule has 2 aromatic rings. The maximum Gasteiger partial charge on any atom is 0.308 e. The van der Waals surface area contributed by atoms with E-state index < -0.39 is 12.0 Å². The Morgan fingerprint density at radius 2 is 1.58 bits per heavy atom. The summed E-state index contributed by atoms with van der Waals surface area (Å²) in [7, 11) is 0. The van der Waals surface area contributed by atoms with E-state index in [0.717, 1.165) is 35.6 Å². The van der Waals surface area contributed by atoms with Gasteiger partial charge in [0, 0.05) is 13.1 Å². The van der Waals surface area contributed by atoms with E-state index in [9.17, 15) is 14.4 Å². The Morgan fingerprint density at radius 1 is 0.917 bits per heavy atom. The normalized spacial score (nSPS) is 15.6. The van der Waals surface area contributed by atoms with Crippen molar-refractivity contribution in [2.45, 2.75) is 90.0 Å². The summed E-state index contributed by atoms with van der Waals surface area (Å²) in [6, 6.07) is 13.0. The number of nitrogens with one attached hydrogen (secondary N) is 1. The highest BCUT2D eigenvalue weighted by molar-refractivity contribution is 5.94. The van der Waals surface area contributed by atoms with Crippen molar-refractivity contribution in [1.82, 2.24) is 10.2 Å². The number of amides is 2. The highest BCUT2D eigenvalue weighted by atomic mass is 16.5. The fourth-order valence-corrected chi connectivity index (χ4v) is 4.92. The molecule has 3 rings (SSSR count). The molecule has 0 radical (unpaired) electrons. The zero-order valence-corrected chi connectivity index (χ0v) is 21.8. The number of carbonyl (C=O) groups is 3. The second kappa shape index (κ2) is 15.3. The average molecular weight is 495 g/mol. The number of nitrogens with zero attached hydrogens (tertiary/aromatic N) is 1. The lowest BCUT2D eigenvalue weighted by Crippen LogP contribution is -2.58. The van der Waals surface area contributed by atoms with Crippen LogP contribution in [0.25, 0.3) is 10.8 Å². The van der Waals surface area contributed by atoms with E-state index in [4.69, 9.17) is 4.74 Å². The summed E-state index contributed by atoms with van der Waals surface area (Å²) < 4.78 is 5.41. The molecule has 0 bridgehead atoms. The number of hydrogen-bond donors (Lipinski definition) is 1. The number of esters is 1. The minimum Gasteiger partial charge on any atom is -0.466 e. The molecule has 1 aliphatic rings. The van der Waals surface area contributed by atoms with Crippen LogP contribution in [0.4, 0.5) is 0 Å². The highest BCUT2D eigenvalue weighted by Gasteiger charge is 2.35. The van der Waals surface area contributed by atoms with Gasteiger partial charge in [0.25, 0.3) is 0 Å². The van der Waals surface area contributed by atoms with Gasteiger partial charge in [-0.1, -0.05) is 107 Å².